The van der Waals surface area contributed by atoms with Crippen LogP contribution in [0.3, 0.4) is 0 Å². The number of hydrogen-bond donors (Lipinski definition) is 2. The Morgan fingerprint density at radius 2 is 2.00 bits per heavy atom. The molecule has 1 aromatic rings. The largest absolute Gasteiger partial charge is 0.495 e. The van der Waals surface area contributed by atoms with Crippen LogP contribution in [0.5, 0.6) is 5.75 Å². The zero-order valence-corrected chi connectivity index (χ0v) is 13.9. The van der Waals surface area contributed by atoms with Gasteiger partial charge < -0.3 is 14.7 Å². The summed E-state index contributed by atoms with van der Waals surface area (Å²) in [5.74, 6) is -0.0170. The average Bonchev–Trinajstić information content (AvgIpc) is 2.59. The van der Waals surface area contributed by atoms with Crippen LogP contribution < -0.4 is 9.46 Å². The van der Waals surface area contributed by atoms with Crippen molar-refractivity contribution in [2.75, 3.05) is 33.4 Å². The quantitative estimate of drug-likeness (QED) is 0.789. The maximum Gasteiger partial charge on any atom is 0.253 e. The van der Waals surface area contributed by atoms with E-state index in [1.54, 1.807) is 11.0 Å². The Kier molecular flexibility index (Phi) is 5.97. The van der Waals surface area contributed by atoms with E-state index in [4.69, 9.17) is 9.84 Å². The Morgan fingerprint density at radius 3 is 2.61 bits per heavy atom. The smallest absolute Gasteiger partial charge is 0.253 e. The SMILES string of the molecule is COc1ccc(C(=O)N2CCCCC2)cc1S(=O)(=O)NCCO. The Morgan fingerprint density at radius 1 is 1.30 bits per heavy atom. The molecule has 0 aromatic heterocycles. The summed E-state index contributed by atoms with van der Waals surface area (Å²) < 4.78 is 31.9. The summed E-state index contributed by atoms with van der Waals surface area (Å²) in [6.45, 7) is 0.967. The normalized spacial score (nSPS) is 15.5. The second kappa shape index (κ2) is 7.76. The lowest BCUT2D eigenvalue weighted by molar-refractivity contribution is 0.0724. The summed E-state index contributed by atoms with van der Waals surface area (Å²) in [5, 5.41) is 8.80. The predicted molar refractivity (Wildman–Crippen MR) is 85.0 cm³/mol. The van der Waals surface area contributed by atoms with Crippen LogP contribution in [0.25, 0.3) is 0 Å². The van der Waals surface area contributed by atoms with Gasteiger partial charge in [-0.15, -0.1) is 0 Å². The van der Waals surface area contributed by atoms with Crippen molar-refractivity contribution < 1.29 is 23.1 Å². The van der Waals surface area contributed by atoms with Gasteiger partial charge in [0.15, 0.2) is 0 Å². The molecular formula is C15H22N2O5S. The first-order valence-corrected chi connectivity index (χ1v) is 9.06. The third-order valence-corrected chi connectivity index (χ3v) is 5.23. The van der Waals surface area contributed by atoms with Crippen LogP contribution in [0.15, 0.2) is 23.1 Å². The number of piperidine rings is 1. The molecule has 1 aliphatic heterocycles. The highest BCUT2D eigenvalue weighted by atomic mass is 32.2. The van der Waals surface area contributed by atoms with E-state index in [0.717, 1.165) is 19.3 Å². The van der Waals surface area contributed by atoms with Crippen LogP contribution in [-0.2, 0) is 10.0 Å². The minimum Gasteiger partial charge on any atom is -0.495 e. The van der Waals surface area contributed by atoms with Crippen molar-refractivity contribution in [2.24, 2.45) is 0 Å². The Hall–Kier alpha value is -1.64. The lowest BCUT2D eigenvalue weighted by Gasteiger charge is -2.27. The van der Waals surface area contributed by atoms with Crippen LogP contribution >= 0.6 is 0 Å². The molecule has 128 valence electrons. The number of methoxy groups -OCH3 is 1. The van der Waals surface area contributed by atoms with Gasteiger partial charge in [-0.05, 0) is 37.5 Å². The fourth-order valence-electron chi connectivity index (χ4n) is 2.56. The van der Waals surface area contributed by atoms with Crippen LogP contribution in [0, 0.1) is 0 Å². The highest BCUT2D eigenvalue weighted by Gasteiger charge is 2.24. The Labute approximate surface area is 136 Å². The number of likely N-dealkylation sites (tertiary alicyclic amines) is 1. The molecule has 0 saturated carbocycles. The van der Waals surface area contributed by atoms with Gasteiger partial charge in [0.25, 0.3) is 5.91 Å². The first-order chi connectivity index (χ1) is 11.0. The molecule has 23 heavy (non-hydrogen) atoms. The number of carbonyl (C=O) groups excluding carboxylic acids is 1. The molecular weight excluding hydrogens is 320 g/mol. The highest BCUT2D eigenvalue weighted by Crippen LogP contribution is 2.26. The zero-order valence-electron chi connectivity index (χ0n) is 13.1. The number of nitrogens with one attached hydrogen (secondary N) is 1. The van der Waals surface area contributed by atoms with Crippen molar-refractivity contribution in [1.82, 2.24) is 9.62 Å². The minimum absolute atomic E-state index is 0.101. The highest BCUT2D eigenvalue weighted by molar-refractivity contribution is 7.89. The van der Waals surface area contributed by atoms with Crippen LogP contribution in [0.1, 0.15) is 29.6 Å². The Bertz CT molecular complexity index is 654. The van der Waals surface area contributed by atoms with Gasteiger partial charge in [0, 0.05) is 25.2 Å². The van der Waals surface area contributed by atoms with Gasteiger partial charge in [-0.3, -0.25) is 4.79 Å². The lowest BCUT2D eigenvalue weighted by atomic mass is 10.1. The van der Waals surface area contributed by atoms with E-state index in [9.17, 15) is 13.2 Å². The summed E-state index contributed by atoms with van der Waals surface area (Å²) in [6, 6.07) is 4.38. The number of amides is 1. The molecule has 0 radical (unpaired) electrons. The molecule has 2 rings (SSSR count). The number of carbonyl (C=O) groups is 1. The third kappa shape index (κ3) is 4.21. The standard InChI is InChI=1S/C15H22N2O5S/c1-22-13-6-5-12(15(19)17-8-3-2-4-9-17)11-14(13)23(20,21)16-7-10-18/h5-6,11,16,18H,2-4,7-10H2,1H3. The van der Waals surface area contributed by atoms with Crippen LogP contribution in [0.4, 0.5) is 0 Å². The van der Waals surface area contributed by atoms with Crippen molar-refractivity contribution in [3.63, 3.8) is 0 Å². The number of nitrogens with zero attached hydrogens (tertiary/aromatic N) is 1. The summed E-state index contributed by atoms with van der Waals surface area (Å²) in [5.41, 5.74) is 0.317. The second-order valence-corrected chi connectivity index (χ2v) is 7.08. The van der Waals surface area contributed by atoms with E-state index >= 15 is 0 Å². The number of aliphatic hydroxyl groups excluding tert-OH is 1. The van der Waals surface area contributed by atoms with E-state index in [-0.39, 0.29) is 29.7 Å². The van der Waals surface area contributed by atoms with Gasteiger partial charge in [0.1, 0.15) is 10.6 Å². The predicted octanol–water partition coefficient (Wildman–Crippen LogP) is 0.592. The topological polar surface area (TPSA) is 95.9 Å². The molecule has 0 unspecified atom stereocenters. The number of hydrogen-bond acceptors (Lipinski definition) is 5. The number of sulfonamides is 1. The number of benzene rings is 1. The Balaban J connectivity index is 2.33. The molecule has 7 nitrogen and oxygen atoms in total. The van der Waals surface area contributed by atoms with Crippen LogP contribution in [-0.4, -0.2) is 57.7 Å². The lowest BCUT2D eigenvalue weighted by Crippen LogP contribution is -2.35. The molecule has 0 bridgehead atoms. The van der Waals surface area contributed by atoms with Gasteiger partial charge in [0.05, 0.1) is 13.7 Å². The molecule has 1 fully saturated rings. The summed E-state index contributed by atoms with van der Waals surface area (Å²) in [6.07, 6.45) is 3.04. The maximum atomic E-state index is 12.5. The fourth-order valence-corrected chi connectivity index (χ4v) is 3.77. The van der Waals surface area contributed by atoms with Crippen LogP contribution in [0.2, 0.25) is 0 Å². The van der Waals surface area contributed by atoms with E-state index in [2.05, 4.69) is 4.72 Å². The van der Waals surface area contributed by atoms with Gasteiger partial charge in [-0.2, -0.15) is 0 Å². The second-order valence-electron chi connectivity index (χ2n) is 5.34. The molecule has 1 aromatic carbocycles. The molecule has 2 N–H and O–H groups in total. The first kappa shape index (κ1) is 17.7. The van der Waals surface area contributed by atoms with Crippen molar-refractivity contribution in [3.05, 3.63) is 23.8 Å². The van der Waals surface area contributed by atoms with E-state index in [1.165, 1.54) is 19.2 Å². The minimum atomic E-state index is -3.86. The summed E-state index contributed by atoms with van der Waals surface area (Å²) in [4.78, 5) is 14.2. The van der Waals surface area contributed by atoms with E-state index < -0.39 is 10.0 Å². The summed E-state index contributed by atoms with van der Waals surface area (Å²) >= 11 is 0. The van der Waals surface area contributed by atoms with Gasteiger partial charge >= 0.3 is 0 Å². The van der Waals surface area contributed by atoms with Gasteiger partial charge in [-0.1, -0.05) is 0 Å². The maximum absolute atomic E-state index is 12.5. The zero-order chi connectivity index (χ0) is 16.9. The molecule has 0 aliphatic carbocycles. The fraction of sp³-hybridized carbons (Fsp3) is 0.533. The molecule has 1 saturated heterocycles. The van der Waals surface area contributed by atoms with Crippen molar-refractivity contribution in [3.8, 4) is 5.75 Å². The molecule has 1 amide bonds. The van der Waals surface area contributed by atoms with E-state index in [1.807, 2.05) is 0 Å². The van der Waals surface area contributed by atoms with Crippen molar-refractivity contribution in [2.45, 2.75) is 24.2 Å². The monoisotopic (exact) mass is 342 g/mol. The summed E-state index contributed by atoms with van der Waals surface area (Å²) in [7, 11) is -2.49. The molecule has 1 heterocycles. The average molecular weight is 342 g/mol. The first-order valence-electron chi connectivity index (χ1n) is 7.57. The van der Waals surface area contributed by atoms with Gasteiger partial charge in [-0.25, -0.2) is 13.1 Å². The molecule has 8 heteroatoms. The number of aliphatic hydroxyl groups is 1. The number of rotatable bonds is 6. The molecule has 1 aliphatic rings. The van der Waals surface area contributed by atoms with E-state index in [0.29, 0.717) is 18.7 Å². The molecule has 0 spiro atoms. The number of ether oxygens (including phenoxy) is 1. The van der Waals surface area contributed by atoms with Crippen molar-refractivity contribution in [1.29, 1.82) is 0 Å². The van der Waals surface area contributed by atoms with Crippen molar-refractivity contribution >= 4 is 15.9 Å². The third-order valence-electron chi connectivity index (χ3n) is 3.75. The molecule has 0 atom stereocenters. The van der Waals surface area contributed by atoms with Gasteiger partial charge in [0.2, 0.25) is 10.0 Å².